The van der Waals surface area contributed by atoms with Gasteiger partial charge in [-0.3, -0.25) is 14.8 Å². The quantitative estimate of drug-likeness (QED) is 0.340. The SMILES string of the molecule is COC(=O)N1c2ccc3c(nc([C@@H](O)c4cc(F)cc5cn[nH]c45)n3C3CCC[C@@H](C(=O)O)C3)c2CC[C@@H]1C. The van der Waals surface area contributed by atoms with E-state index in [0.717, 1.165) is 23.9 Å². The molecule has 4 atom stereocenters. The van der Waals surface area contributed by atoms with Gasteiger partial charge in [0.25, 0.3) is 0 Å². The van der Waals surface area contributed by atoms with E-state index in [2.05, 4.69) is 10.2 Å². The zero-order chi connectivity index (χ0) is 27.4. The number of carbonyl (C=O) groups is 2. The van der Waals surface area contributed by atoms with Gasteiger partial charge < -0.3 is 19.5 Å². The van der Waals surface area contributed by atoms with Gasteiger partial charge in [0.2, 0.25) is 0 Å². The number of carboxylic acids is 1. The van der Waals surface area contributed by atoms with Gasteiger partial charge in [0.1, 0.15) is 17.7 Å². The molecule has 1 unspecified atom stereocenters. The van der Waals surface area contributed by atoms with E-state index in [1.807, 2.05) is 23.6 Å². The maximum Gasteiger partial charge on any atom is 0.414 e. The number of aromatic nitrogens is 4. The Morgan fingerprint density at radius 3 is 2.82 bits per heavy atom. The second-order valence-corrected chi connectivity index (χ2v) is 10.6. The third kappa shape index (κ3) is 4.12. The number of rotatable bonds is 4. The average molecular weight is 536 g/mol. The molecule has 2 aromatic heterocycles. The van der Waals surface area contributed by atoms with Gasteiger partial charge in [0, 0.05) is 28.6 Å². The molecule has 6 rings (SSSR count). The number of hydrogen-bond donors (Lipinski definition) is 3. The smallest absolute Gasteiger partial charge is 0.414 e. The maximum absolute atomic E-state index is 14.6. The molecule has 0 spiro atoms. The molecule has 3 heterocycles. The molecule has 1 amide bonds. The number of methoxy groups -OCH3 is 1. The van der Waals surface area contributed by atoms with Crippen molar-refractivity contribution in [3.8, 4) is 0 Å². The topological polar surface area (TPSA) is 134 Å². The van der Waals surface area contributed by atoms with Crippen LogP contribution in [0.4, 0.5) is 14.9 Å². The number of aliphatic hydroxyl groups excluding tert-OH is 1. The number of carboxylic acid groups (broad SMARTS) is 1. The molecule has 0 radical (unpaired) electrons. The van der Waals surface area contributed by atoms with Crippen LogP contribution >= 0.6 is 0 Å². The second-order valence-electron chi connectivity index (χ2n) is 10.6. The Bertz CT molecular complexity index is 1600. The lowest BCUT2D eigenvalue weighted by molar-refractivity contribution is -0.143. The monoisotopic (exact) mass is 535 g/mol. The van der Waals surface area contributed by atoms with Crippen LogP contribution in [-0.4, -0.2) is 55.2 Å². The molecule has 0 bridgehead atoms. The summed E-state index contributed by atoms with van der Waals surface area (Å²) in [4.78, 5) is 31.1. The second kappa shape index (κ2) is 9.64. The van der Waals surface area contributed by atoms with E-state index in [9.17, 15) is 24.2 Å². The highest BCUT2D eigenvalue weighted by Gasteiger charge is 2.36. The van der Waals surface area contributed by atoms with E-state index in [-0.39, 0.29) is 12.1 Å². The van der Waals surface area contributed by atoms with Crippen molar-refractivity contribution in [1.82, 2.24) is 19.7 Å². The number of hydrogen-bond acceptors (Lipinski definition) is 6. The summed E-state index contributed by atoms with van der Waals surface area (Å²) in [6.45, 7) is 1.96. The number of ether oxygens (including phenoxy) is 1. The van der Waals surface area contributed by atoms with E-state index in [0.29, 0.717) is 59.2 Å². The number of H-pyrrole nitrogens is 1. The summed E-state index contributed by atoms with van der Waals surface area (Å²) in [5, 5.41) is 28.9. The molecule has 1 aliphatic heterocycles. The summed E-state index contributed by atoms with van der Waals surface area (Å²) in [7, 11) is 1.35. The van der Waals surface area contributed by atoms with Gasteiger partial charge in [-0.2, -0.15) is 5.10 Å². The van der Waals surface area contributed by atoms with E-state index in [4.69, 9.17) is 9.72 Å². The van der Waals surface area contributed by atoms with Crippen molar-refractivity contribution in [2.45, 2.75) is 63.6 Å². The molecule has 11 heteroatoms. The van der Waals surface area contributed by atoms with Gasteiger partial charge in [-0.15, -0.1) is 0 Å². The van der Waals surface area contributed by atoms with Crippen molar-refractivity contribution >= 4 is 39.7 Å². The standard InChI is InChI=1S/C28H30FN5O5/c1-14-6-7-19-21(33(14)28(38)39-2)8-9-22-24(19)31-26(34(22)18-5-3-4-15(11-18)27(36)37)25(35)20-12-17(29)10-16-13-30-32-23(16)20/h8-10,12-15,18,25,35H,3-7,11H2,1-2H3,(H,30,32)(H,36,37)/t14-,15+,18?,25-/m0/s1. The molecule has 39 heavy (non-hydrogen) atoms. The number of carbonyl (C=O) groups excluding carboxylic acids is 1. The first-order chi connectivity index (χ1) is 18.8. The van der Waals surface area contributed by atoms with E-state index < -0.39 is 29.9 Å². The first kappa shape index (κ1) is 25.3. The minimum Gasteiger partial charge on any atom is -0.481 e. The Balaban J connectivity index is 1.57. The molecule has 1 saturated carbocycles. The number of nitrogens with one attached hydrogen (secondary N) is 1. The van der Waals surface area contributed by atoms with Gasteiger partial charge in [-0.25, -0.2) is 14.2 Å². The number of imidazole rings is 1. The van der Waals surface area contributed by atoms with Gasteiger partial charge in [-0.05, 0) is 63.3 Å². The fourth-order valence-electron chi connectivity index (χ4n) is 6.39. The minimum atomic E-state index is -1.31. The van der Waals surface area contributed by atoms with Crippen LogP contribution in [0.25, 0.3) is 21.9 Å². The summed E-state index contributed by atoms with van der Waals surface area (Å²) >= 11 is 0. The fraction of sp³-hybridized carbons (Fsp3) is 0.429. The number of anilines is 1. The van der Waals surface area contributed by atoms with Crippen LogP contribution in [0.15, 0.2) is 30.5 Å². The number of aliphatic hydroxyl groups is 1. The number of fused-ring (bicyclic) bond motifs is 4. The van der Waals surface area contributed by atoms with Gasteiger partial charge in [-0.1, -0.05) is 6.42 Å². The number of nitrogens with zero attached hydrogens (tertiary/aromatic N) is 4. The third-order valence-corrected chi connectivity index (χ3v) is 8.30. The average Bonchev–Trinajstić information content (AvgIpc) is 3.56. The molecule has 0 saturated heterocycles. The summed E-state index contributed by atoms with van der Waals surface area (Å²) in [5.74, 6) is -1.55. The predicted molar refractivity (Wildman–Crippen MR) is 141 cm³/mol. The Morgan fingerprint density at radius 1 is 1.23 bits per heavy atom. The number of benzene rings is 2. The van der Waals surface area contributed by atoms with Gasteiger partial charge in [0.15, 0.2) is 0 Å². The molecule has 2 aromatic carbocycles. The van der Waals surface area contributed by atoms with E-state index in [1.165, 1.54) is 25.4 Å². The van der Waals surface area contributed by atoms with Crippen molar-refractivity contribution in [2.24, 2.45) is 5.92 Å². The van der Waals surface area contributed by atoms with Crippen LogP contribution in [0.1, 0.15) is 68.1 Å². The zero-order valence-electron chi connectivity index (χ0n) is 21.7. The Kier molecular flexibility index (Phi) is 6.25. The maximum atomic E-state index is 14.6. The first-order valence-electron chi connectivity index (χ1n) is 13.2. The van der Waals surface area contributed by atoms with Crippen molar-refractivity contribution in [2.75, 3.05) is 12.0 Å². The van der Waals surface area contributed by atoms with Crippen LogP contribution in [0.2, 0.25) is 0 Å². The molecular formula is C28H30FN5O5. The molecule has 1 fully saturated rings. The van der Waals surface area contributed by atoms with Crippen molar-refractivity contribution in [3.63, 3.8) is 0 Å². The van der Waals surface area contributed by atoms with Crippen LogP contribution < -0.4 is 4.90 Å². The first-order valence-corrected chi connectivity index (χ1v) is 13.2. The van der Waals surface area contributed by atoms with Crippen molar-refractivity contribution in [1.29, 1.82) is 0 Å². The Labute approximate surface area is 223 Å². The molecule has 1 aliphatic carbocycles. The Hall–Kier alpha value is -3.99. The van der Waals surface area contributed by atoms with Crippen molar-refractivity contribution in [3.05, 3.63) is 53.2 Å². The highest BCUT2D eigenvalue weighted by Crippen LogP contribution is 2.42. The third-order valence-electron chi connectivity index (χ3n) is 8.30. The molecule has 4 aromatic rings. The molecule has 2 aliphatic rings. The lowest BCUT2D eigenvalue weighted by Gasteiger charge is -2.34. The normalized spacial score (nSPS) is 22.2. The molecule has 204 valence electrons. The largest absolute Gasteiger partial charge is 0.481 e. The van der Waals surface area contributed by atoms with E-state index in [1.54, 1.807) is 4.90 Å². The van der Waals surface area contributed by atoms with Crippen LogP contribution in [-0.2, 0) is 16.0 Å². The van der Waals surface area contributed by atoms with Gasteiger partial charge >= 0.3 is 12.1 Å². The van der Waals surface area contributed by atoms with Crippen molar-refractivity contribution < 1.29 is 28.9 Å². The summed E-state index contributed by atoms with van der Waals surface area (Å²) in [6, 6.07) is 6.06. The highest BCUT2D eigenvalue weighted by atomic mass is 19.1. The van der Waals surface area contributed by atoms with Crippen LogP contribution in [0.5, 0.6) is 0 Å². The van der Waals surface area contributed by atoms with E-state index >= 15 is 0 Å². The molecular weight excluding hydrogens is 505 g/mol. The number of aromatic amines is 1. The number of aryl methyl sites for hydroxylation is 1. The van der Waals surface area contributed by atoms with Crippen LogP contribution in [0, 0.1) is 11.7 Å². The summed E-state index contributed by atoms with van der Waals surface area (Å²) in [6.07, 6.45) is 3.53. The predicted octanol–water partition coefficient (Wildman–Crippen LogP) is 4.86. The van der Waals surface area contributed by atoms with Crippen LogP contribution in [0.3, 0.4) is 0 Å². The van der Waals surface area contributed by atoms with Gasteiger partial charge in [0.05, 0.1) is 41.5 Å². The number of amides is 1. The fourth-order valence-corrected chi connectivity index (χ4v) is 6.39. The Morgan fingerprint density at radius 2 is 2.05 bits per heavy atom. The number of aliphatic carboxylic acids is 1. The molecule has 3 N–H and O–H groups in total. The zero-order valence-corrected chi connectivity index (χ0v) is 21.7. The summed E-state index contributed by atoms with van der Waals surface area (Å²) < 4.78 is 21.6. The highest BCUT2D eigenvalue weighted by molar-refractivity contribution is 5.95. The lowest BCUT2D eigenvalue weighted by Crippen LogP contribution is -2.42. The summed E-state index contributed by atoms with van der Waals surface area (Å²) in [5.41, 5.74) is 3.74. The lowest BCUT2D eigenvalue weighted by atomic mass is 9.85. The molecule has 10 nitrogen and oxygen atoms in total. The minimum absolute atomic E-state index is 0.0647. The number of halogens is 1.